The van der Waals surface area contributed by atoms with Crippen LogP contribution in [0.15, 0.2) is 66.5 Å². The van der Waals surface area contributed by atoms with Gasteiger partial charge in [0.25, 0.3) is 5.91 Å². The molecule has 152 valence electrons. The van der Waals surface area contributed by atoms with E-state index in [4.69, 9.17) is 11.6 Å². The Morgan fingerprint density at radius 3 is 2.74 bits per heavy atom. The molecule has 0 aliphatic carbocycles. The lowest BCUT2D eigenvalue weighted by Gasteiger charge is -2.26. The second kappa shape index (κ2) is 8.55. The van der Waals surface area contributed by atoms with Crippen molar-refractivity contribution in [2.24, 2.45) is 0 Å². The summed E-state index contributed by atoms with van der Waals surface area (Å²) in [7, 11) is 1.60. The Hall–Kier alpha value is -3.75. The lowest BCUT2D eigenvalue weighted by Crippen LogP contribution is -2.36. The van der Waals surface area contributed by atoms with Crippen LogP contribution in [0.25, 0.3) is 6.08 Å². The number of fused-ring (bicyclic) bond motifs is 1. The molecule has 2 aromatic carbocycles. The van der Waals surface area contributed by atoms with E-state index < -0.39 is 17.5 Å². The minimum absolute atomic E-state index is 0.0156. The summed E-state index contributed by atoms with van der Waals surface area (Å²) in [6.07, 6.45) is 5.42. The summed E-state index contributed by atoms with van der Waals surface area (Å²) in [5.41, 5.74) is 3.02. The van der Waals surface area contributed by atoms with Crippen LogP contribution >= 0.6 is 11.6 Å². The number of hydrogen-bond acceptors (Lipinski definition) is 3. The molecule has 31 heavy (non-hydrogen) atoms. The predicted octanol–water partition coefficient (Wildman–Crippen LogP) is 4.71. The van der Waals surface area contributed by atoms with Gasteiger partial charge in [-0.3, -0.25) is 14.6 Å². The SMILES string of the molecule is CN1C(=O)/C(=C\c2ccc(F)c(Cl)c2)C(=O)c2cc(C#CCc3cccnc3)ccc21. The summed E-state index contributed by atoms with van der Waals surface area (Å²) in [6.45, 7) is 0. The average Bonchev–Trinajstić information content (AvgIpc) is 2.78. The highest BCUT2D eigenvalue weighted by molar-refractivity contribution is 6.36. The molecule has 0 bridgehead atoms. The molecule has 0 N–H and O–H groups in total. The van der Waals surface area contributed by atoms with E-state index in [0.29, 0.717) is 28.8 Å². The molecule has 3 aromatic rings. The number of nitrogens with zero attached hydrogens (tertiary/aromatic N) is 2. The summed E-state index contributed by atoms with van der Waals surface area (Å²) < 4.78 is 13.4. The average molecular weight is 431 g/mol. The molecule has 4 nitrogen and oxygen atoms in total. The van der Waals surface area contributed by atoms with Gasteiger partial charge in [-0.1, -0.05) is 35.6 Å². The van der Waals surface area contributed by atoms with Crippen molar-refractivity contribution in [3.05, 3.63) is 99.6 Å². The molecule has 1 aromatic heterocycles. The van der Waals surface area contributed by atoms with Gasteiger partial charge in [0.05, 0.1) is 16.3 Å². The number of hydrogen-bond donors (Lipinski definition) is 0. The topological polar surface area (TPSA) is 50.3 Å². The fourth-order valence-corrected chi connectivity index (χ4v) is 3.46. The Bertz CT molecular complexity index is 1290. The van der Waals surface area contributed by atoms with Crippen molar-refractivity contribution in [1.82, 2.24) is 4.98 Å². The molecule has 1 amide bonds. The number of likely N-dealkylation sites (N-methyl/N-ethyl adjacent to an activating group) is 1. The molecule has 1 aliphatic heterocycles. The van der Waals surface area contributed by atoms with Crippen LogP contribution in [-0.4, -0.2) is 23.7 Å². The van der Waals surface area contributed by atoms with Gasteiger partial charge in [-0.25, -0.2) is 4.39 Å². The van der Waals surface area contributed by atoms with Gasteiger partial charge in [-0.2, -0.15) is 0 Å². The number of rotatable bonds is 2. The Kier molecular flexibility index (Phi) is 5.66. The summed E-state index contributed by atoms with van der Waals surface area (Å²) >= 11 is 5.82. The fourth-order valence-electron chi connectivity index (χ4n) is 3.27. The fraction of sp³-hybridized carbons (Fsp3) is 0.0800. The van der Waals surface area contributed by atoms with Gasteiger partial charge in [-0.05, 0) is 53.6 Å². The maximum atomic E-state index is 13.4. The Morgan fingerprint density at radius 1 is 1.16 bits per heavy atom. The molecule has 1 aliphatic rings. The normalized spacial score (nSPS) is 14.3. The van der Waals surface area contributed by atoms with Crippen molar-refractivity contribution < 1.29 is 14.0 Å². The van der Waals surface area contributed by atoms with Crippen molar-refractivity contribution in [2.75, 3.05) is 11.9 Å². The smallest absolute Gasteiger partial charge is 0.262 e. The largest absolute Gasteiger partial charge is 0.311 e. The molecular formula is C25H16ClFN2O2. The van der Waals surface area contributed by atoms with E-state index in [9.17, 15) is 14.0 Å². The molecule has 6 heteroatoms. The van der Waals surface area contributed by atoms with E-state index in [1.54, 1.807) is 37.6 Å². The van der Waals surface area contributed by atoms with Crippen molar-refractivity contribution in [2.45, 2.75) is 6.42 Å². The second-order valence-electron chi connectivity index (χ2n) is 7.00. The lowest BCUT2D eigenvalue weighted by atomic mass is 9.92. The first-order chi connectivity index (χ1) is 14.9. The second-order valence-corrected chi connectivity index (χ2v) is 7.40. The lowest BCUT2D eigenvalue weighted by molar-refractivity contribution is -0.114. The minimum atomic E-state index is -0.568. The summed E-state index contributed by atoms with van der Waals surface area (Å²) in [5.74, 6) is 4.72. The molecule has 0 saturated carbocycles. The number of halogens is 2. The standard InChI is InChI=1S/C25H16ClFN2O2/c1-29-23-10-8-16(4-2-5-17-6-3-11-28-15-17)12-19(23)24(30)20(25(29)31)13-18-7-9-22(27)21(26)14-18/h3,6-15H,5H2,1H3/b20-13-. The van der Waals surface area contributed by atoms with E-state index in [0.717, 1.165) is 5.56 Å². The van der Waals surface area contributed by atoms with Gasteiger partial charge < -0.3 is 4.90 Å². The molecule has 4 rings (SSSR count). The Balaban J connectivity index is 1.67. The molecule has 0 saturated heterocycles. The summed E-state index contributed by atoms with van der Waals surface area (Å²) in [5, 5.41) is -0.0787. The predicted molar refractivity (Wildman–Crippen MR) is 118 cm³/mol. The number of amides is 1. The van der Waals surface area contributed by atoms with Crippen molar-refractivity contribution in [3.63, 3.8) is 0 Å². The molecule has 0 atom stereocenters. The zero-order chi connectivity index (χ0) is 22.0. The maximum absolute atomic E-state index is 13.4. The Morgan fingerprint density at radius 2 is 2.00 bits per heavy atom. The molecular weight excluding hydrogens is 415 g/mol. The highest BCUT2D eigenvalue weighted by atomic mass is 35.5. The quantitative estimate of drug-likeness (QED) is 0.336. The van der Waals surface area contributed by atoms with E-state index in [1.807, 2.05) is 12.1 Å². The number of carbonyl (C=O) groups excluding carboxylic acids is 2. The molecule has 0 radical (unpaired) electrons. The van der Waals surface area contributed by atoms with Gasteiger partial charge in [0.15, 0.2) is 0 Å². The number of pyridine rings is 1. The van der Waals surface area contributed by atoms with Gasteiger partial charge in [-0.15, -0.1) is 0 Å². The third-order valence-electron chi connectivity index (χ3n) is 4.88. The monoisotopic (exact) mass is 430 g/mol. The zero-order valence-electron chi connectivity index (χ0n) is 16.5. The van der Waals surface area contributed by atoms with Crippen LogP contribution in [0.4, 0.5) is 10.1 Å². The van der Waals surface area contributed by atoms with Crippen molar-refractivity contribution in [1.29, 1.82) is 0 Å². The molecule has 2 heterocycles. The number of anilines is 1. The van der Waals surface area contributed by atoms with Crippen LogP contribution in [0.1, 0.15) is 27.0 Å². The third kappa shape index (κ3) is 4.25. The van der Waals surface area contributed by atoms with E-state index in [1.165, 1.54) is 29.2 Å². The Labute approximate surface area is 184 Å². The number of aromatic nitrogens is 1. The van der Waals surface area contributed by atoms with E-state index in [-0.39, 0.29) is 10.6 Å². The molecule has 0 spiro atoms. The first-order valence-corrected chi connectivity index (χ1v) is 9.83. The molecule has 0 unspecified atom stereocenters. The van der Waals surface area contributed by atoms with E-state index in [2.05, 4.69) is 16.8 Å². The number of carbonyl (C=O) groups is 2. The van der Waals surface area contributed by atoms with Gasteiger partial charge in [0, 0.05) is 37.0 Å². The van der Waals surface area contributed by atoms with Crippen LogP contribution in [0.3, 0.4) is 0 Å². The highest BCUT2D eigenvalue weighted by Crippen LogP contribution is 2.31. The first kappa shape index (κ1) is 20.5. The van der Waals surface area contributed by atoms with Crippen LogP contribution < -0.4 is 4.90 Å². The summed E-state index contributed by atoms with van der Waals surface area (Å²) in [6, 6.07) is 13.0. The van der Waals surface area contributed by atoms with Gasteiger partial charge in [0.2, 0.25) is 5.78 Å². The van der Waals surface area contributed by atoms with Crippen LogP contribution in [0.2, 0.25) is 5.02 Å². The van der Waals surface area contributed by atoms with Gasteiger partial charge in [0.1, 0.15) is 5.82 Å². The molecule has 0 fully saturated rings. The maximum Gasteiger partial charge on any atom is 0.262 e. The van der Waals surface area contributed by atoms with Crippen LogP contribution in [-0.2, 0) is 11.2 Å². The number of ketones is 1. The van der Waals surface area contributed by atoms with Gasteiger partial charge >= 0.3 is 0 Å². The van der Waals surface area contributed by atoms with Crippen LogP contribution in [0, 0.1) is 17.7 Å². The third-order valence-corrected chi connectivity index (χ3v) is 5.17. The first-order valence-electron chi connectivity index (χ1n) is 9.45. The van der Waals surface area contributed by atoms with E-state index >= 15 is 0 Å². The number of benzene rings is 2. The van der Waals surface area contributed by atoms with Crippen molar-refractivity contribution in [3.8, 4) is 11.8 Å². The highest BCUT2D eigenvalue weighted by Gasteiger charge is 2.32. The number of Topliss-reactive ketones (excluding diaryl/α,β-unsaturated/α-hetero) is 1. The zero-order valence-corrected chi connectivity index (χ0v) is 17.3. The minimum Gasteiger partial charge on any atom is -0.311 e. The van der Waals surface area contributed by atoms with Crippen molar-refractivity contribution >= 4 is 35.1 Å². The van der Waals surface area contributed by atoms with Crippen LogP contribution in [0.5, 0.6) is 0 Å². The summed E-state index contributed by atoms with van der Waals surface area (Å²) in [4.78, 5) is 31.3.